The number of phenolic OH excluding ortho intramolecular Hbond substituents is 2. The predicted molar refractivity (Wildman–Crippen MR) is 84.6 cm³/mol. The summed E-state index contributed by atoms with van der Waals surface area (Å²) in [7, 11) is 0. The fraction of sp³-hybridized carbons (Fsp3) is 0. The van der Waals surface area contributed by atoms with Gasteiger partial charge in [0.05, 0.1) is 21.6 Å². The zero-order valence-corrected chi connectivity index (χ0v) is 12.3. The smallest absolute Gasteiger partial charge is 0.311 e. The van der Waals surface area contributed by atoms with Gasteiger partial charge in [-0.15, -0.1) is 0 Å². The van der Waals surface area contributed by atoms with Crippen LogP contribution in [0.1, 0.15) is 15.9 Å². The molecule has 0 aliphatic rings. The number of carbonyl (C=O) groups excluding carboxylic acids is 1. The van der Waals surface area contributed by atoms with E-state index in [1.807, 2.05) is 5.43 Å². The number of hydrogen-bond donors (Lipinski definition) is 3. The first kappa shape index (κ1) is 17.3. The number of hydrazone groups is 1. The largest absolute Gasteiger partial charge is 0.507 e. The van der Waals surface area contributed by atoms with Gasteiger partial charge in [0, 0.05) is 23.8 Å². The summed E-state index contributed by atoms with van der Waals surface area (Å²) < 4.78 is 0. The van der Waals surface area contributed by atoms with E-state index in [4.69, 9.17) is 0 Å². The fourth-order valence-corrected chi connectivity index (χ4v) is 1.81. The Kier molecular flexibility index (Phi) is 4.88. The van der Waals surface area contributed by atoms with Gasteiger partial charge in [0.1, 0.15) is 5.75 Å². The summed E-state index contributed by atoms with van der Waals surface area (Å²) in [6.07, 6.45) is 1.07. The molecule has 0 aliphatic heterocycles. The van der Waals surface area contributed by atoms with Crippen LogP contribution in [0.4, 0.5) is 11.4 Å². The molecule has 0 heterocycles. The number of nitrogens with one attached hydrogen (secondary N) is 1. The Morgan fingerprint density at radius 1 is 1.04 bits per heavy atom. The van der Waals surface area contributed by atoms with Gasteiger partial charge in [-0.1, -0.05) is 0 Å². The summed E-state index contributed by atoms with van der Waals surface area (Å²) in [5.74, 6) is -1.91. The molecule has 0 fully saturated rings. The molecule has 0 spiro atoms. The highest BCUT2D eigenvalue weighted by molar-refractivity contribution is 5.98. The lowest BCUT2D eigenvalue weighted by molar-refractivity contribution is -0.385. The van der Waals surface area contributed by atoms with Crippen LogP contribution in [0.2, 0.25) is 0 Å². The molecule has 0 bridgehead atoms. The third-order valence-electron chi connectivity index (χ3n) is 3.01. The molecular formula is C14H10N4O7. The van der Waals surface area contributed by atoms with Crippen molar-refractivity contribution in [3.8, 4) is 11.5 Å². The number of rotatable bonds is 5. The normalized spacial score (nSPS) is 10.6. The lowest BCUT2D eigenvalue weighted by Gasteiger charge is -2.03. The molecule has 2 rings (SSSR count). The number of nitro benzene ring substituents is 2. The zero-order valence-electron chi connectivity index (χ0n) is 12.3. The zero-order chi connectivity index (χ0) is 18.6. The summed E-state index contributed by atoms with van der Waals surface area (Å²) in [5, 5.41) is 43.9. The predicted octanol–water partition coefficient (Wildman–Crippen LogP) is 1.68. The van der Waals surface area contributed by atoms with Gasteiger partial charge in [-0.25, -0.2) is 5.43 Å². The van der Waals surface area contributed by atoms with E-state index in [-0.39, 0.29) is 16.8 Å². The van der Waals surface area contributed by atoms with Crippen molar-refractivity contribution in [3.05, 3.63) is 67.8 Å². The molecule has 128 valence electrons. The second-order valence-electron chi connectivity index (χ2n) is 4.66. The monoisotopic (exact) mass is 346 g/mol. The van der Waals surface area contributed by atoms with Crippen molar-refractivity contribution in [2.24, 2.45) is 5.10 Å². The molecule has 0 atom stereocenters. The maximum Gasteiger partial charge on any atom is 0.311 e. The van der Waals surface area contributed by atoms with Crippen molar-refractivity contribution in [2.75, 3.05) is 0 Å². The van der Waals surface area contributed by atoms with Gasteiger partial charge in [-0.05, 0) is 18.2 Å². The second kappa shape index (κ2) is 7.04. The van der Waals surface area contributed by atoms with E-state index in [2.05, 4.69) is 5.10 Å². The minimum atomic E-state index is -0.911. The Hall–Kier alpha value is -4.02. The number of hydrogen-bond acceptors (Lipinski definition) is 8. The number of phenols is 2. The second-order valence-corrected chi connectivity index (χ2v) is 4.66. The molecule has 2 aromatic rings. The van der Waals surface area contributed by atoms with Crippen LogP contribution in [0.15, 0.2) is 41.5 Å². The minimum Gasteiger partial charge on any atom is -0.507 e. The summed E-state index contributed by atoms with van der Waals surface area (Å²) >= 11 is 0. The SMILES string of the molecule is O=C(N/N=C/c1ccc(O)c([N+](=O)[O-])c1)c1cc([N+](=O)[O-])ccc1O. The fourth-order valence-electron chi connectivity index (χ4n) is 1.81. The molecule has 0 aromatic heterocycles. The number of non-ortho nitro benzene ring substituents is 1. The van der Waals surface area contributed by atoms with Crippen molar-refractivity contribution >= 4 is 23.5 Å². The van der Waals surface area contributed by atoms with Crippen LogP contribution in [-0.2, 0) is 0 Å². The van der Waals surface area contributed by atoms with E-state index in [9.17, 15) is 35.2 Å². The number of benzene rings is 2. The van der Waals surface area contributed by atoms with E-state index < -0.39 is 32.9 Å². The third-order valence-corrected chi connectivity index (χ3v) is 3.01. The molecule has 0 unspecified atom stereocenters. The highest BCUT2D eigenvalue weighted by Gasteiger charge is 2.16. The molecule has 0 radical (unpaired) electrons. The molecule has 0 saturated carbocycles. The van der Waals surface area contributed by atoms with Crippen molar-refractivity contribution in [3.63, 3.8) is 0 Å². The average molecular weight is 346 g/mol. The summed E-state index contributed by atoms with van der Waals surface area (Å²) in [6, 6.07) is 6.36. The van der Waals surface area contributed by atoms with Gasteiger partial charge in [0.15, 0.2) is 5.75 Å². The Labute approximate surface area is 139 Å². The first-order valence-corrected chi connectivity index (χ1v) is 6.58. The third kappa shape index (κ3) is 4.04. The lowest BCUT2D eigenvalue weighted by Crippen LogP contribution is -2.18. The summed E-state index contributed by atoms with van der Waals surface area (Å²) in [6.45, 7) is 0. The molecule has 2 aromatic carbocycles. The van der Waals surface area contributed by atoms with Gasteiger partial charge in [-0.3, -0.25) is 25.0 Å². The Morgan fingerprint density at radius 3 is 2.36 bits per heavy atom. The first-order valence-electron chi connectivity index (χ1n) is 6.58. The van der Waals surface area contributed by atoms with Crippen LogP contribution in [0.3, 0.4) is 0 Å². The van der Waals surface area contributed by atoms with Crippen LogP contribution in [-0.4, -0.2) is 32.2 Å². The topological polar surface area (TPSA) is 168 Å². The quantitative estimate of drug-likeness (QED) is 0.420. The van der Waals surface area contributed by atoms with E-state index in [0.717, 1.165) is 36.5 Å². The van der Waals surface area contributed by atoms with Gasteiger partial charge in [-0.2, -0.15) is 5.10 Å². The maximum absolute atomic E-state index is 11.9. The van der Waals surface area contributed by atoms with Gasteiger partial charge >= 0.3 is 5.69 Å². The summed E-state index contributed by atoms with van der Waals surface area (Å²) in [4.78, 5) is 31.8. The van der Waals surface area contributed by atoms with Crippen molar-refractivity contribution in [2.45, 2.75) is 0 Å². The van der Waals surface area contributed by atoms with Crippen molar-refractivity contribution in [1.29, 1.82) is 0 Å². The van der Waals surface area contributed by atoms with Gasteiger partial charge in [0.25, 0.3) is 11.6 Å². The molecule has 25 heavy (non-hydrogen) atoms. The van der Waals surface area contributed by atoms with Crippen LogP contribution < -0.4 is 5.43 Å². The highest BCUT2D eigenvalue weighted by Crippen LogP contribution is 2.25. The van der Waals surface area contributed by atoms with Crippen molar-refractivity contribution < 1.29 is 24.9 Å². The minimum absolute atomic E-state index is 0.216. The molecule has 1 amide bonds. The lowest BCUT2D eigenvalue weighted by atomic mass is 10.1. The molecule has 0 aliphatic carbocycles. The van der Waals surface area contributed by atoms with Crippen LogP contribution in [0.5, 0.6) is 11.5 Å². The van der Waals surface area contributed by atoms with Crippen LogP contribution in [0.25, 0.3) is 0 Å². The molecular weight excluding hydrogens is 336 g/mol. The Balaban J connectivity index is 2.16. The maximum atomic E-state index is 11.9. The standard InChI is InChI=1S/C14H10N4O7/c19-12-4-2-9(17(22)23)6-10(12)14(21)16-15-7-8-1-3-13(20)11(5-8)18(24)25/h1-7,19-20H,(H,16,21)/b15-7+. The molecule has 11 heteroatoms. The average Bonchev–Trinajstić information content (AvgIpc) is 2.56. The molecule has 11 nitrogen and oxygen atoms in total. The van der Waals surface area contributed by atoms with E-state index in [1.165, 1.54) is 6.07 Å². The Morgan fingerprint density at radius 2 is 1.72 bits per heavy atom. The van der Waals surface area contributed by atoms with Crippen LogP contribution >= 0.6 is 0 Å². The van der Waals surface area contributed by atoms with Crippen LogP contribution in [0, 0.1) is 20.2 Å². The van der Waals surface area contributed by atoms with Gasteiger partial charge < -0.3 is 10.2 Å². The van der Waals surface area contributed by atoms with E-state index in [0.29, 0.717) is 0 Å². The first-order chi connectivity index (χ1) is 11.8. The molecule has 3 N–H and O–H groups in total. The molecule has 0 saturated heterocycles. The van der Waals surface area contributed by atoms with Crippen molar-refractivity contribution in [1.82, 2.24) is 5.43 Å². The number of nitro groups is 2. The van der Waals surface area contributed by atoms with E-state index in [1.54, 1.807) is 0 Å². The van der Waals surface area contributed by atoms with E-state index >= 15 is 0 Å². The number of amides is 1. The number of nitrogens with zero attached hydrogens (tertiary/aromatic N) is 3. The number of carbonyl (C=O) groups is 1. The number of aromatic hydroxyl groups is 2. The van der Waals surface area contributed by atoms with Gasteiger partial charge in [0.2, 0.25) is 0 Å². The Bertz CT molecular complexity index is 895. The summed E-state index contributed by atoms with van der Waals surface area (Å²) in [5.41, 5.74) is 0.967. The highest BCUT2D eigenvalue weighted by atomic mass is 16.6.